The van der Waals surface area contributed by atoms with Gasteiger partial charge in [-0.25, -0.2) is 0 Å². The summed E-state index contributed by atoms with van der Waals surface area (Å²) in [4.78, 5) is 2.69. The van der Waals surface area contributed by atoms with E-state index in [0.29, 0.717) is 0 Å². The summed E-state index contributed by atoms with van der Waals surface area (Å²) in [6, 6.07) is 39.1. The molecule has 0 radical (unpaired) electrons. The van der Waals surface area contributed by atoms with Gasteiger partial charge in [0.2, 0.25) is 0 Å². The van der Waals surface area contributed by atoms with Crippen molar-refractivity contribution in [2.45, 2.75) is 10.8 Å². The molecule has 4 aromatic carbocycles. The van der Waals surface area contributed by atoms with Crippen LogP contribution in [0.3, 0.4) is 0 Å². The Morgan fingerprint density at radius 3 is 1.05 bits per heavy atom. The fraction of sp³-hybridized carbons (Fsp3) is 0.0588. The van der Waals surface area contributed by atoms with Gasteiger partial charge in [-0.1, -0.05) is 72.8 Å². The quantitative estimate of drug-likeness (QED) is 0.197. The smallest absolute Gasteiger partial charge is 0.131 e. The molecule has 2 aliphatic heterocycles. The lowest BCUT2D eigenvalue weighted by Gasteiger charge is -2.57. The third kappa shape index (κ3) is 2.23. The van der Waals surface area contributed by atoms with Crippen molar-refractivity contribution in [2.75, 3.05) is 0 Å². The van der Waals surface area contributed by atoms with Crippen molar-refractivity contribution in [1.82, 2.24) is 0 Å². The van der Waals surface area contributed by atoms with Crippen LogP contribution in [0.15, 0.2) is 120 Å². The van der Waals surface area contributed by atoms with E-state index in [0.717, 1.165) is 23.0 Å². The molecular formula is C34H20O2S2. The van der Waals surface area contributed by atoms with Crippen molar-refractivity contribution >= 4 is 22.7 Å². The Labute approximate surface area is 228 Å². The van der Waals surface area contributed by atoms with E-state index in [1.165, 1.54) is 43.1 Å². The Hall–Kier alpha value is -4.12. The molecule has 2 aromatic heterocycles. The Kier molecular flexibility index (Phi) is 3.99. The van der Waals surface area contributed by atoms with Crippen molar-refractivity contribution < 1.29 is 9.47 Å². The summed E-state index contributed by atoms with van der Waals surface area (Å²) in [5, 5.41) is 4.51. The molecule has 0 atom stereocenters. The van der Waals surface area contributed by atoms with E-state index in [2.05, 4.69) is 120 Å². The van der Waals surface area contributed by atoms with Crippen LogP contribution in [0.4, 0.5) is 0 Å². The topological polar surface area (TPSA) is 18.5 Å². The zero-order chi connectivity index (χ0) is 24.9. The molecule has 0 unspecified atom stereocenters. The molecule has 4 heteroatoms. The van der Waals surface area contributed by atoms with Crippen molar-refractivity contribution in [3.8, 4) is 34.1 Å². The third-order valence-electron chi connectivity index (χ3n) is 8.47. The molecule has 2 spiro atoms. The number of hydrogen-bond acceptors (Lipinski definition) is 4. The average molecular weight is 525 g/mol. The number of thiophene rings is 2. The van der Waals surface area contributed by atoms with Gasteiger partial charge < -0.3 is 9.47 Å². The van der Waals surface area contributed by atoms with Crippen molar-refractivity contribution in [3.05, 3.63) is 152 Å². The van der Waals surface area contributed by atoms with E-state index in [9.17, 15) is 0 Å². The molecule has 2 nitrogen and oxygen atoms in total. The van der Waals surface area contributed by atoms with E-state index in [4.69, 9.17) is 9.47 Å². The molecular weight excluding hydrogens is 505 g/mol. The molecule has 0 N–H and O–H groups in total. The van der Waals surface area contributed by atoms with Gasteiger partial charge in [-0.3, -0.25) is 0 Å². The maximum Gasteiger partial charge on any atom is 0.131 e. The van der Waals surface area contributed by atoms with Crippen molar-refractivity contribution in [2.24, 2.45) is 0 Å². The second kappa shape index (κ2) is 7.25. The van der Waals surface area contributed by atoms with Gasteiger partial charge in [-0.2, -0.15) is 0 Å². The normalized spacial score (nSPS) is 16.2. The SMILES string of the molecule is c1ccc2c(c1)Oc1ccccc1C21c2sccc2-c2ccsc2C12c1ccccc1Oc1ccccc12. The molecule has 0 fully saturated rings. The molecule has 6 aromatic rings. The van der Waals surface area contributed by atoms with Gasteiger partial charge in [0.15, 0.2) is 0 Å². The number of ether oxygens (including phenoxy) is 2. The summed E-state index contributed by atoms with van der Waals surface area (Å²) in [7, 11) is 0. The number of rotatable bonds is 0. The minimum atomic E-state index is -0.574. The summed E-state index contributed by atoms with van der Waals surface area (Å²) in [6.07, 6.45) is 0. The van der Waals surface area contributed by atoms with Gasteiger partial charge in [0.25, 0.3) is 0 Å². The van der Waals surface area contributed by atoms with E-state index in [1.54, 1.807) is 0 Å². The van der Waals surface area contributed by atoms with Gasteiger partial charge >= 0.3 is 0 Å². The zero-order valence-corrected chi connectivity index (χ0v) is 21.8. The van der Waals surface area contributed by atoms with Crippen molar-refractivity contribution in [3.63, 3.8) is 0 Å². The first-order chi connectivity index (χ1) is 18.8. The first kappa shape index (κ1) is 20.9. The monoisotopic (exact) mass is 524 g/mol. The second-order valence-electron chi connectivity index (χ2n) is 10.0. The van der Waals surface area contributed by atoms with Crippen LogP contribution in [-0.2, 0) is 10.8 Å². The largest absolute Gasteiger partial charge is 0.457 e. The molecule has 0 amide bonds. The molecule has 38 heavy (non-hydrogen) atoms. The van der Waals surface area contributed by atoms with Crippen molar-refractivity contribution in [1.29, 1.82) is 0 Å². The Bertz CT molecular complexity index is 1680. The summed E-state index contributed by atoms with van der Waals surface area (Å²) in [6.45, 7) is 0. The maximum atomic E-state index is 6.65. The van der Waals surface area contributed by atoms with Gasteiger partial charge in [0, 0.05) is 32.0 Å². The van der Waals surface area contributed by atoms with E-state index < -0.39 is 10.8 Å². The molecule has 0 saturated carbocycles. The Balaban J connectivity index is 1.62. The van der Waals surface area contributed by atoms with Gasteiger partial charge in [0.1, 0.15) is 23.0 Å². The highest BCUT2D eigenvalue weighted by molar-refractivity contribution is 7.12. The lowest BCUT2D eigenvalue weighted by atomic mass is 9.46. The highest BCUT2D eigenvalue weighted by Crippen LogP contribution is 2.73. The fourth-order valence-corrected chi connectivity index (χ4v) is 9.64. The van der Waals surface area contributed by atoms with Crippen LogP contribution in [0.25, 0.3) is 11.1 Å². The highest BCUT2D eigenvalue weighted by atomic mass is 32.1. The van der Waals surface area contributed by atoms with Gasteiger partial charge in [0.05, 0.1) is 10.8 Å². The van der Waals surface area contributed by atoms with Gasteiger partial charge in [-0.05, 0) is 58.3 Å². The molecule has 0 bridgehead atoms. The molecule has 1 aliphatic carbocycles. The minimum absolute atomic E-state index is 0.574. The first-order valence-corrected chi connectivity index (χ1v) is 14.5. The van der Waals surface area contributed by atoms with Crippen LogP contribution in [0.1, 0.15) is 32.0 Å². The number of benzene rings is 4. The lowest BCUT2D eigenvalue weighted by molar-refractivity contribution is 0.326. The van der Waals surface area contributed by atoms with Crippen LogP contribution in [0, 0.1) is 0 Å². The van der Waals surface area contributed by atoms with Crippen LogP contribution in [0.5, 0.6) is 23.0 Å². The zero-order valence-electron chi connectivity index (χ0n) is 20.2. The fourth-order valence-electron chi connectivity index (χ4n) is 7.25. The Morgan fingerprint density at radius 2 is 0.711 bits per heavy atom. The molecule has 4 heterocycles. The predicted octanol–water partition coefficient (Wildman–Crippen LogP) is 9.37. The maximum absolute atomic E-state index is 6.65. The predicted molar refractivity (Wildman–Crippen MR) is 153 cm³/mol. The summed E-state index contributed by atoms with van der Waals surface area (Å²) < 4.78 is 13.3. The van der Waals surface area contributed by atoms with Crippen LogP contribution >= 0.6 is 22.7 Å². The molecule has 9 rings (SSSR count). The Morgan fingerprint density at radius 1 is 0.395 bits per heavy atom. The van der Waals surface area contributed by atoms with E-state index in [1.807, 2.05) is 22.7 Å². The number of hydrogen-bond donors (Lipinski definition) is 0. The number of fused-ring (bicyclic) bond motifs is 14. The minimum Gasteiger partial charge on any atom is -0.457 e. The van der Waals surface area contributed by atoms with Crippen LogP contribution < -0.4 is 9.47 Å². The molecule has 3 aliphatic rings. The molecule has 0 saturated heterocycles. The second-order valence-corrected chi connectivity index (χ2v) is 11.8. The van der Waals surface area contributed by atoms with Crippen LogP contribution in [0.2, 0.25) is 0 Å². The van der Waals surface area contributed by atoms with Crippen LogP contribution in [-0.4, -0.2) is 0 Å². The third-order valence-corrected chi connectivity index (χ3v) is 10.5. The summed E-state index contributed by atoms with van der Waals surface area (Å²) in [5.74, 6) is 3.63. The average Bonchev–Trinajstić information content (AvgIpc) is 3.65. The summed E-state index contributed by atoms with van der Waals surface area (Å²) >= 11 is 3.70. The summed E-state index contributed by atoms with van der Waals surface area (Å²) in [5.41, 5.74) is 6.22. The van der Waals surface area contributed by atoms with E-state index >= 15 is 0 Å². The first-order valence-electron chi connectivity index (χ1n) is 12.7. The highest BCUT2D eigenvalue weighted by Gasteiger charge is 2.67. The van der Waals surface area contributed by atoms with Gasteiger partial charge in [-0.15, -0.1) is 22.7 Å². The standard InChI is InChI=1S/C34H20O2S2/c1-5-13-27-23(9-1)33(24-10-2-6-14-28(24)35-27)31-21(17-19-37-31)22-18-20-38-32(22)34(33)25-11-3-7-15-29(25)36-30-16-8-4-12-26(30)34/h1-20H. The molecule has 180 valence electrons. The van der Waals surface area contributed by atoms with E-state index in [-0.39, 0.29) is 0 Å². The number of para-hydroxylation sites is 4. The lowest BCUT2D eigenvalue weighted by Crippen LogP contribution is -2.55.